The molecule has 1 N–H and O–H groups in total. The van der Waals surface area contributed by atoms with Gasteiger partial charge in [0.05, 0.1) is 11.0 Å². The molecule has 0 unspecified atom stereocenters. The van der Waals surface area contributed by atoms with E-state index in [9.17, 15) is 0 Å². The number of fused-ring (bicyclic) bond motifs is 6. The van der Waals surface area contributed by atoms with Gasteiger partial charge in [-0.1, -0.05) is 105 Å². The van der Waals surface area contributed by atoms with Gasteiger partial charge in [-0.25, -0.2) is 0 Å². The smallest absolute Gasteiger partial charge is 0.0547 e. The number of aromatic nitrogens is 1. The van der Waals surface area contributed by atoms with Gasteiger partial charge in [0.15, 0.2) is 0 Å². The second-order valence-electron chi connectivity index (χ2n) is 11.8. The topological polar surface area (TPSA) is 17.0 Å². The average molecular weight is 529 g/mol. The molecule has 0 saturated heterocycles. The number of benzene rings is 5. The Morgan fingerprint density at radius 3 is 2.24 bits per heavy atom. The van der Waals surface area contributed by atoms with Crippen molar-refractivity contribution in [2.45, 2.75) is 32.1 Å². The highest BCUT2D eigenvalue weighted by atomic mass is 15.0. The van der Waals surface area contributed by atoms with Gasteiger partial charge in [0, 0.05) is 38.8 Å². The molecule has 2 aliphatic rings. The van der Waals surface area contributed by atoms with Gasteiger partial charge < -0.3 is 9.88 Å². The van der Waals surface area contributed by atoms with E-state index in [2.05, 4.69) is 151 Å². The van der Waals surface area contributed by atoms with E-state index in [-0.39, 0.29) is 5.41 Å². The van der Waals surface area contributed by atoms with Crippen molar-refractivity contribution in [3.63, 3.8) is 0 Å². The molecule has 0 aliphatic heterocycles. The Bertz CT molecular complexity index is 2030. The minimum Gasteiger partial charge on any atom is -0.355 e. The van der Waals surface area contributed by atoms with Crippen LogP contribution < -0.4 is 5.32 Å². The normalized spacial score (nSPS) is 15.1. The molecule has 6 aromatic rings. The fraction of sp³-hybridized carbons (Fsp3) is 0.128. The lowest BCUT2D eigenvalue weighted by Crippen LogP contribution is -2.14. The molecule has 0 fully saturated rings. The van der Waals surface area contributed by atoms with Gasteiger partial charge in [-0.3, -0.25) is 0 Å². The van der Waals surface area contributed by atoms with E-state index in [0.29, 0.717) is 0 Å². The van der Waals surface area contributed by atoms with Crippen LogP contribution in [0, 0.1) is 0 Å². The van der Waals surface area contributed by atoms with Gasteiger partial charge in [-0.2, -0.15) is 0 Å². The maximum absolute atomic E-state index is 3.76. The van der Waals surface area contributed by atoms with Crippen molar-refractivity contribution >= 4 is 38.9 Å². The van der Waals surface area contributed by atoms with E-state index in [1.54, 1.807) is 0 Å². The predicted octanol–water partition coefficient (Wildman–Crippen LogP) is 10.7. The molecule has 0 saturated carbocycles. The first-order chi connectivity index (χ1) is 20.1. The van der Waals surface area contributed by atoms with Crippen LogP contribution in [0.25, 0.3) is 49.8 Å². The predicted molar refractivity (Wildman–Crippen MR) is 175 cm³/mol. The Morgan fingerprint density at radius 2 is 1.39 bits per heavy atom. The number of hydrogen-bond acceptors (Lipinski definition) is 1. The molecule has 2 aliphatic carbocycles. The fourth-order valence-electron chi connectivity index (χ4n) is 7.05. The molecule has 0 atom stereocenters. The van der Waals surface area contributed by atoms with Crippen LogP contribution in [0.5, 0.6) is 0 Å². The lowest BCUT2D eigenvalue weighted by Gasteiger charge is -2.21. The summed E-state index contributed by atoms with van der Waals surface area (Å²) in [7, 11) is 0. The highest BCUT2D eigenvalue weighted by Gasteiger charge is 2.36. The zero-order valence-corrected chi connectivity index (χ0v) is 23.5. The third-order valence-electron chi connectivity index (χ3n) is 9.01. The SMILES string of the molecule is CC1(C)c2ccccc2-c2c(Nc3ccc(-c4cccc5c4c4ccccc4n5C4=CCCC=C4)cc3)cccc21. The summed E-state index contributed by atoms with van der Waals surface area (Å²) in [6, 6.07) is 39.9. The first kappa shape index (κ1) is 24.0. The van der Waals surface area contributed by atoms with Gasteiger partial charge in [-0.05, 0) is 77.1 Å². The van der Waals surface area contributed by atoms with Crippen LogP contribution in [-0.4, -0.2) is 4.57 Å². The molecule has 41 heavy (non-hydrogen) atoms. The quantitative estimate of drug-likeness (QED) is 0.241. The van der Waals surface area contributed by atoms with Crippen LogP contribution in [0.2, 0.25) is 0 Å². The summed E-state index contributed by atoms with van der Waals surface area (Å²) in [5.41, 5.74) is 13.9. The first-order valence-electron chi connectivity index (χ1n) is 14.6. The molecule has 198 valence electrons. The number of nitrogens with one attached hydrogen (secondary N) is 1. The molecule has 8 rings (SSSR count). The summed E-state index contributed by atoms with van der Waals surface area (Å²) < 4.78 is 2.43. The van der Waals surface area contributed by atoms with Gasteiger partial charge in [0.1, 0.15) is 0 Å². The van der Waals surface area contributed by atoms with Gasteiger partial charge in [0.2, 0.25) is 0 Å². The lowest BCUT2D eigenvalue weighted by molar-refractivity contribution is 0.660. The third-order valence-corrected chi connectivity index (χ3v) is 9.01. The molecule has 1 aromatic heterocycles. The van der Waals surface area contributed by atoms with E-state index in [1.807, 2.05) is 0 Å². The van der Waals surface area contributed by atoms with E-state index in [4.69, 9.17) is 0 Å². The molecule has 2 heteroatoms. The monoisotopic (exact) mass is 528 g/mol. The Morgan fingerprint density at radius 1 is 0.659 bits per heavy atom. The number of rotatable bonds is 4. The molecule has 0 bridgehead atoms. The van der Waals surface area contributed by atoms with Crippen LogP contribution >= 0.6 is 0 Å². The molecule has 2 nitrogen and oxygen atoms in total. The second-order valence-corrected chi connectivity index (χ2v) is 11.8. The minimum atomic E-state index is -0.00516. The van der Waals surface area contributed by atoms with Crippen molar-refractivity contribution in [2.24, 2.45) is 0 Å². The van der Waals surface area contributed by atoms with E-state index in [1.165, 1.54) is 60.9 Å². The van der Waals surface area contributed by atoms with Gasteiger partial charge in [0.25, 0.3) is 0 Å². The van der Waals surface area contributed by atoms with Crippen molar-refractivity contribution in [1.82, 2.24) is 4.57 Å². The van der Waals surface area contributed by atoms with E-state index < -0.39 is 0 Å². The Hall–Kier alpha value is -4.82. The first-order valence-corrected chi connectivity index (χ1v) is 14.6. The zero-order valence-electron chi connectivity index (χ0n) is 23.5. The van der Waals surface area contributed by atoms with Crippen LogP contribution in [0.1, 0.15) is 37.8 Å². The van der Waals surface area contributed by atoms with Crippen LogP contribution in [0.3, 0.4) is 0 Å². The van der Waals surface area contributed by atoms with Gasteiger partial charge >= 0.3 is 0 Å². The zero-order chi connectivity index (χ0) is 27.6. The molecule has 1 heterocycles. The maximum Gasteiger partial charge on any atom is 0.0547 e. The summed E-state index contributed by atoms with van der Waals surface area (Å²) in [6.07, 6.45) is 9.11. The van der Waals surface area contributed by atoms with Crippen LogP contribution in [0.4, 0.5) is 11.4 Å². The molecular weight excluding hydrogens is 496 g/mol. The number of para-hydroxylation sites is 1. The molecule has 0 spiro atoms. The Kier molecular flexibility index (Phi) is 5.33. The Labute approximate surface area is 241 Å². The lowest BCUT2D eigenvalue weighted by atomic mass is 9.82. The molecule has 0 radical (unpaired) electrons. The minimum absolute atomic E-state index is 0.00516. The highest BCUT2D eigenvalue weighted by molar-refractivity contribution is 6.16. The largest absolute Gasteiger partial charge is 0.355 e. The van der Waals surface area contributed by atoms with Gasteiger partial charge in [-0.15, -0.1) is 0 Å². The van der Waals surface area contributed by atoms with E-state index >= 15 is 0 Å². The van der Waals surface area contributed by atoms with Crippen LogP contribution in [-0.2, 0) is 5.41 Å². The summed E-state index contributed by atoms with van der Waals surface area (Å²) in [5, 5.41) is 6.36. The molecule has 0 amide bonds. The molecular formula is C39H32N2. The van der Waals surface area contributed by atoms with Crippen molar-refractivity contribution in [3.8, 4) is 22.3 Å². The average Bonchev–Trinajstić information content (AvgIpc) is 3.48. The number of hydrogen-bond donors (Lipinski definition) is 1. The number of anilines is 2. The second kappa shape index (κ2) is 9.11. The van der Waals surface area contributed by atoms with Crippen molar-refractivity contribution in [1.29, 1.82) is 0 Å². The Balaban J connectivity index is 1.20. The number of nitrogens with zero attached hydrogens (tertiary/aromatic N) is 1. The summed E-state index contributed by atoms with van der Waals surface area (Å²) >= 11 is 0. The van der Waals surface area contributed by atoms with Crippen molar-refractivity contribution < 1.29 is 0 Å². The summed E-state index contributed by atoms with van der Waals surface area (Å²) in [6.45, 7) is 4.66. The summed E-state index contributed by atoms with van der Waals surface area (Å²) in [5.74, 6) is 0. The van der Waals surface area contributed by atoms with Crippen LogP contribution in [0.15, 0.2) is 127 Å². The fourth-order valence-corrected chi connectivity index (χ4v) is 7.05. The molecule has 5 aromatic carbocycles. The summed E-state index contributed by atoms with van der Waals surface area (Å²) in [4.78, 5) is 0. The van der Waals surface area contributed by atoms with Crippen molar-refractivity contribution in [2.75, 3.05) is 5.32 Å². The maximum atomic E-state index is 3.76. The van der Waals surface area contributed by atoms with Crippen molar-refractivity contribution in [3.05, 3.63) is 139 Å². The highest BCUT2D eigenvalue weighted by Crippen LogP contribution is 2.51. The standard InChI is InChI=1S/C39H32N2/c1-39(2)32-17-8-6-14-30(32)38-33(39)18-11-19-34(38)40-27-24-22-26(23-25-27)29-16-10-21-36-37(29)31-15-7-9-20-35(31)41(36)28-12-4-3-5-13-28/h4,6-25,40H,3,5H2,1-2H3. The van der Waals surface area contributed by atoms with E-state index in [0.717, 1.165) is 24.2 Å². The third kappa shape index (κ3) is 3.64. The number of allylic oxidation sites excluding steroid dienone is 4.